The van der Waals surface area contributed by atoms with Crippen molar-refractivity contribution in [3.05, 3.63) is 65.2 Å². The van der Waals surface area contributed by atoms with Crippen LogP contribution in [0.4, 0.5) is 0 Å². The molecule has 3 N–H and O–H groups in total. The monoisotopic (exact) mass is 546 g/mol. The smallest absolute Gasteiger partial charge is 0.258 e. The molecule has 1 aromatic heterocycles. The van der Waals surface area contributed by atoms with Gasteiger partial charge in [-0.05, 0) is 48.6 Å². The molecule has 2 aromatic carbocycles. The molecular weight excluding hydrogens is 512 g/mol. The quantitative estimate of drug-likeness (QED) is 0.429. The molecule has 3 aromatic rings. The van der Waals surface area contributed by atoms with E-state index in [-0.39, 0.29) is 30.6 Å². The van der Waals surface area contributed by atoms with Gasteiger partial charge in [0, 0.05) is 37.7 Å². The lowest BCUT2D eigenvalue weighted by Gasteiger charge is -2.22. The largest absolute Gasteiger partial charge is 0.493 e. The highest BCUT2D eigenvalue weighted by molar-refractivity contribution is 5.95. The molecule has 1 aliphatic carbocycles. The highest BCUT2D eigenvalue weighted by Gasteiger charge is 2.36. The predicted molar refractivity (Wildman–Crippen MR) is 145 cm³/mol. The molecule has 210 valence electrons. The second-order valence-corrected chi connectivity index (χ2v) is 10.6. The van der Waals surface area contributed by atoms with E-state index in [0.29, 0.717) is 61.5 Å². The Kier molecular flexibility index (Phi) is 7.54. The van der Waals surface area contributed by atoms with E-state index in [4.69, 9.17) is 14.2 Å². The number of rotatable bonds is 6. The van der Waals surface area contributed by atoms with Crippen molar-refractivity contribution < 1.29 is 23.8 Å². The van der Waals surface area contributed by atoms with Crippen LogP contribution in [0.25, 0.3) is 0 Å². The van der Waals surface area contributed by atoms with Gasteiger partial charge in [-0.2, -0.15) is 5.10 Å². The van der Waals surface area contributed by atoms with Crippen LogP contribution in [0.15, 0.2) is 42.5 Å². The molecule has 1 saturated heterocycles. The minimum atomic E-state index is -0.288. The number of hydrogen-bond acceptors (Lipinski definition) is 8. The molecule has 0 unspecified atom stereocenters. The molecule has 4 aliphatic rings. The summed E-state index contributed by atoms with van der Waals surface area (Å²) in [6, 6.07) is 12.4. The third-order valence-corrected chi connectivity index (χ3v) is 7.32. The lowest BCUT2D eigenvalue weighted by atomic mass is 10.1. The molecule has 0 spiro atoms. The fourth-order valence-electron chi connectivity index (χ4n) is 4.90. The Labute approximate surface area is 232 Å². The third kappa shape index (κ3) is 6.53. The second-order valence-electron chi connectivity index (χ2n) is 10.6. The number of nitrogens with one attached hydrogen (secondary N) is 3. The number of aryl methyl sites for hydroxylation is 1. The lowest BCUT2D eigenvalue weighted by molar-refractivity contribution is -0.123. The highest BCUT2D eigenvalue weighted by Crippen LogP contribution is 2.31. The van der Waals surface area contributed by atoms with Crippen LogP contribution in [0, 0.1) is 5.92 Å². The number of fused-ring (bicyclic) bond motifs is 7. The van der Waals surface area contributed by atoms with Gasteiger partial charge in [0.15, 0.2) is 6.61 Å². The number of carbonyl (C=O) groups is 2. The number of H-pyrrole nitrogens is 1. The first-order valence-corrected chi connectivity index (χ1v) is 13.9. The van der Waals surface area contributed by atoms with Gasteiger partial charge in [-0.25, -0.2) is 4.98 Å². The Morgan fingerprint density at radius 1 is 1.07 bits per heavy atom. The van der Waals surface area contributed by atoms with Gasteiger partial charge in [-0.3, -0.25) is 19.6 Å². The van der Waals surface area contributed by atoms with Gasteiger partial charge < -0.3 is 24.8 Å². The van der Waals surface area contributed by atoms with Crippen LogP contribution < -0.4 is 24.8 Å². The zero-order chi connectivity index (χ0) is 27.5. The first-order valence-electron chi connectivity index (χ1n) is 13.9. The minimum absolute atomic E-state index is 0.171. The molecule has 4 bridgehead atoms. The summed E-state index contributed by atoms with van der Waals surface area (Å²) in [6.45, 7) is 4.56. The van der Waals surface area contributed by atoms with Crippen molar-refractivity contribution in [3.8, 4) is 17.2 Å². The molecule has 11 heteroatoms. The topological polar surface area (TPSA) is 131 Å². The lowest BCUT2D eigenvalue weighted by Crippen LogP contribution is -2.45. The number of benzene rings is 2. The second kappa shape index (κ2) is 11.5. The van der Waals surface area contributed by atoms with Gasteiger partial charge in [0.05, 0.1) is 19.2 Å². The van der Waals surface area contributed by atoms with Crippen molar-refractivity contribution in [2.75, 3.05) is 26.3 Å². The van der Waals surface area contributed by atoms with Crippen LogP contribution in [-0.2, 0) is 24.3 Å². The maximum Gasteiger partial charge on any atom is 0.258 e. The fraction of sp³-hybridized carbons (Fsp3) is 0.448. The van der Waals surface area contributed by atoms with E-state index in [1.54, 1.807) is 18.2 Å². The predicted octanol–water partition coefficient (Wildman–Crippen LogP) is 2.23. The SMILES string of the molecule is CCc1n[nH]c(CN2C[C@@H]3NC(=O)c4cc(cc(OCC5CC5)c4)OCC(=O)NCc4ccc(cc4)O[C@H]3C2)n1. The highest BCUT2D eigenvalue weighted by atomic mass is 16.5. The van der Waals surface area contributed by atoms with Crippen molar-refractivity contribution in [1.82, 2.24) is 30.7 Å². The van der Waals surface area contributed by atoms with Crippen LogP contribution in [-0.4, -0.2) is 70.3 Å². The summed E-state index contributed by atoms with van der Waals surface area (Å²) < 4.78 is 18.1. The molecule has 11 nitrogen and oxygen atoms in total. The zero-order valence-electron chi connectivity index (χ0n) is 22.5. The van der Waals surface area contributed by atoms with Gasteiger partial charge in [0.1, 0.15) is 35.0 Å². The van der Waals surface area contributed by atoms with Crippen molar-refractivity contribution in [1.29, 1.82) is 0 Å². The number of carbonyl (C=O) groups excluding carboxylic acids is 2. The average molecular weight is 547 g/mol. The van der Waals surface area contributed by atoms with Gasteiger partial charge in [0.25, 0.3) is 11.8 Å². The minimum Gasteiger partial charge on any atom is -0.493 e. The number of aromatic amines is 1. The molecular formula is C29H34N6O5. The van der Waals surface area contributed by atoms with Crippen molar-refractivity contribution in [3.63, 3.8) is 0 Å². The average Bonchev–Trinajstić information content (AvgIpc) is 3.57. The number of aromatic nitrogens is 3. The van der Waals surface area contributed by atoms with Crippen LogP contribution in [0.2, 0.25) is 0 Å². The molecule has 4 heterocycles. The van der Waals surface area contributed by atoms with E-state index in [9.17, 15) is 9.59 Å². The Morgan fingerprint density at radius 3 is 2.70 bits per heavy atom. The Hall–Kier alpha value is -4.12. The number of ether oxygens (including phenoxy) is 3. The Balaban J connectivity index is 1.26. The van der Waals surface area contributed by atoms with Crippen molar-refractivity contribution >= 4 is 11.8 Å². The first kappa shape index (κ1) is 26.1. The van der Waals surface area contributed by atoms with Crippen LogP contribution in [0.3, 0.4) is 0 Å². The van der Waals surface area contributed by atoms with Crippen LogP contribution >= 0.6 is 0 Å². The van der Waals surface area contributed by atoms with E-state index in [2.05, 4.69) is 30.7 Å². The van der Waals surface area contributed by atoms with E-state index < -0.39 is 0 Å². The number of hydrogen-bond donors (Lipinski definition) is 3. The summed E-state index contributed by atoms with van der Waals surface area (Å²) in [6.07, 6.45) is 2.77. The van der Waals surface area contributed by atoms with Gasteiger partial charge in [-0.15, -0.1) is 0 Å². The molecule has 7 rings (SSSR count). The summed E-state index contributed by atoms with van der Waals surface area (Å²) in [4.78, 5) is 32.7. The fourth-order valence-corrected chi connectivity index (χ4v) is 4.90. The molecule has 40 heavy (non-hydrogen) atoms. The molecule has 1 saturated carbocycles. The summed E-state index contributed by atoms with van der Waals surface area (Å²) in [7, 11) is 0. The first-order chi connectivity index (χ1) is 19.5. The molecule has 3 aliphatic heterocycles. The molecule has 2 fully saturated rings. The van der Waals surface area contributed by atoms with Gasteiger partial charge in [0.2, 0.25) is 0 Å². The van der Waals surface area contributed by atoms with E-state index in [0.717, 1.165) is 36.5 Å². The van der Waals surface area contributed by atoms with Crippen LogP contribution in [0.1, 0.15) is 47.3 Å². The standard InChI is InChI=1S/C29H34N6O5/c1-2-26-32-27(34-33-26)15-35-13-24-25(14-35)40-21-7-5-18(6-8-21)12-30-28(36)17-39-23-10-20(29(37)31-24)9-22(11-23)38-16-19-3-4-19/h5-11,19,24-25H,2-4,12-17H2,1H3,(H,30,36)(H,31,37)(H,32,33,34)/t24-,25-/m0/s1. The summed E-state index contributed by atoms with van der Waals surface area (Å²) in [5.74, 6) is 3.23. The number of amides is 2. The van der Waals surface area contributed by atoms with Crippen molar-refractivity contribution in [2.24, 2.45) is 5.92 Å². The molecule has 2 atom stereocenters. The van der Waals surface area contributed by atoms with Gasteiger partial charge in [-0.1, -0.05) is 19.1 Å². The Morgan fingerprint density at radius 2 is 1.93 bits per heavy atom. The maximum absolute atomic E-state index is 13.6. The summed E-state index contributed by atoms with van der Waals surface area (Å²) >= 11 is 0. The zero-order valence-corrected chi connectivity index (χ0v) is 22.5. The Bertz CT molecular complexity index is 1360. The number of likely N-dealkylation sites (tertiary alicyclic amines) is 1. The third-order valence-electron chi connectivity index (χ3n) is 7.32. The number of nitrogens with zero attached hydrogens (tertiary/aromatic N) is 3. The van der Waals surface area contributed by atoms with E-state index in [1.807, 2.05) is 31.2 Å². The van der Waals surface area contributed by atoms with E-state index in [1.165, 1.54) is 0 Å². The van der Waals surface area contributed by atoms with Gasteiger partial charge >= 0.3 is 0 Å². The van der Waals surface area contributed by atoms with Crippen LogP contribution in [0.5, 0.6) is 17.2 Å². The normalized spacial score (nSPS) is 21.5. The maximum atomic E-state index is 13.6. The summed E-state index contributed by atoms with van der Waals surface area (Å²) in [5.41, 5.74) is 1.34. The van der Waals surface area contributed by atoms with Crippen molar-refractivity contribution in [2.45, 2.75) is 51.4 Å². The summed E-state index contributed by atoms with van der Waals surface area (Å²) in [5, 5.41) is 13.3. The van der Waals surface area contributed by atoms with E-state index >= 15 is 0 Å². The molecule has 0 radical (unpaired) electrons. The molecule has 2 amide bonds.